The summed E-state index contributed by atoms with van der Waals surface area (Å²) in [6, 6.07) is 0. The van der Waals surface area contributed by atoms with Crippen molar-refractivity contribution in [3.63, 3.8) is 0 Å². The Balaban J connectivity index is 3.06. The SMILES string of the molecule is CC(C)Cc1nc(Cl)c([N+](=O)[O-])c(NCCCO)n1. The molecule has 0 aliphatic heterocycles. The van der Waals surface area contributed by atoms with Crippen molar-refractivity contribution in [1.82, 2.24) is 9.97 Å². The van der Waals surface area contributed by atoms with E-state index in [-0.39, 0.29) is 23.3 Å². The van der Waals surface area contributed by atoms with Crippen LogP contribution in [0.2, 0.25) is 5.15 Å². The maximum Gasteiger partial charge on any atom is 0.348 e. The third kappa shape index (κ3) is 4.60. The third-order valence-electron chi connectivity index (χ3n) is 2.29. The second kappa shape index (κ2) is 7.20. The standard InChI is InChI=1S/C11H17ClN4O3/c1-7(2)6-8-14-10(12)9(16(18)19)11(15-8)13-4-3-5-17/h7,17H,3-6H2,1-2H3,(H,13,14,15). The van der Waals surface area contributed by atoms with Crippen molar-refractivity contribution < 1.29 is 10.0 Å². The topological polar surface area (TPSA) is 101 Å². The van der Waals surface area contributed by atoms with Gasteiger partial charge >= 0.3 is 5.69 Å². The number of hydrogen-bond donors (Lipinski definition) is 2. The number of nitrogens with zero attached hydrogens (tertiary/aromatic N) is 3. The number of aliphatic hydroxyl groups excluding tert-OH is 1. The summed E-state index contributed by atoms with van der Waals surface area (Å²) in [7, 11) is 0. The van der Waals surface area contributed by atoms with Gasteiger partial charge in [0.1, 0.15) is 5.82 Å². The zero-order valence-electron chi connectivity index (χ0n) is 10.9. The predicted octanol–water partition coefficient (Wildman–Crippen LogP) is 2.03. The van der Waals surface area contributed by atoms with Gasteiger partial charge in [0, 0.05) is 19.6 Å². The first kappa shape index (κ1) is 15.6. The normalized spacial score (nSPS) is 10.8. The average molecular weight is 289 g/mol. The molecule has 0 radical (unpaired) electrons. The van der Waals surface area contributed by atoms with Gasteiger partial charge in [-0.2, -0.15) is 0 Å². The average Bonchev–Trinajstić information content (AvgIpc) is 2.27. The van der Waals surface area contributed by atoms with Crippen LogP contribution in [-0.4, -0.2) is 33.1 Å². The van der Waals surface area contributed by atoms with Crippen LogP contribution < -0.4 is 5.32 Å². The van der Waals surface area contributed by atoms with Gasteiger partial charge in [0.2, 0.25) is 11.0 Å². The molecule has 0 aliphatic carbocycles. The van der Waals surface area contributed by atoms with E-state index in [4.69, 9.17) is 16.7 Å². The second-order valence-corrected chi connectivity index (χ2v) is 4.84. The lowest BCUT2D eigenvalue weighted by Gasteiger charge is -2.09. The van der Waals surface area contributed by atoms with Crippen LogP contribution in [0.3, 0.4) is 0 Å². The molecule has 1 aromatic heterocycles. The van der Waals surface area contributed by atoms with Gasteiger partial charge in [0.15, 0.2) is 0 Å². The summed E-state index contributed by atoms with van der Waals surface area (Å²) >= 11 is 5.84. The fourth-order valence-corrected chi connectivity index (χ4v) is 1.75. The highest BCUT2D eigenvalue weighted by Gasteiger charge is 2.23. The first-order valence-corrected chi connectivity index (χ1v) is 6.39. The van der Waals surface area contributed by atoms with E-state index in [1.54, 1.807) is 0 Å². The second-order valence-electron chi connectivity index (χ2n) is 4.49. The van der Waals surface area contributed by atoms with Crippen LogP contribution in [0.5, 0.6) is 0 Å². The van der Waals surface area contributed by atoms with Crippen molar-refractivity contribution in [2.24, 2.45) is 5.92 Å². The van der Waals surface area contributed by atoms with Gasteiger partial charge in [-0.15, -0.1) is 0 Å². The minimum Gasteiger partial charge on any atom is -0.396 e. The Kier molecular flexibility index (Phi) is 5.91. The molecule has 19 heavy (non-hydrogen) atoms. The van der Waals surface area contributed by atoms with Crippen LogP contribution in [0.1, 0.15) is 26.1 Å². The van der Waals surface area contributed by atoms with Gasteiger partial charge in [0.25, 0.3) is 0 Å². The molecule has 0 aromatic carbocycles. The largest absolute Gasteiger partial charge is 0.396 e. The van der Waals surface area contributed by atoms with Crippen molar-refractivity contribution >= 4 is 23.1 Å². The lowest BCUT2D eigenvalue weighted by Crippen LogP contribution is -2.11. The van der Waals surface area contributed by atoms with E-state index < -0.39 is 4.92 Å². The molecule has 106 valence electrons. The Morgan fingerprint density at radius 3 is 2.68 bits per heavy atom. The molecule has 8 heteroatoms. The lowest BCUT2D eigenvalue weighted by molar-refractivity contribution is -0.384. The molecule has 1 rings (SSSR count). The van der Waals surface area contributed by atoms with E-state index >= 15 is 0 Å². The number of aromatic nitrogens is 2. The van der Waals surface area contributed by atoms with Crippen molar-refractivity contribution in [3.8, 4) is 0 Å². The quantitative estimate of drug-likeness (QED) is 0.344. The highest BCUT2D eigenvalue weighted by Crippen LogP contribution is 2.29. The van der Waals surface area contributed by atoms with E-state index in [1.807, 2.05) is 13.8 Å². The van der Waals surface area contributed by atoms with E-state index in [9.17, 15) is 10.1 Å². The van der Waals surface area contributed by atoms with Crippen LogP contribution in [0.15, 0.2) is 0 Å². The van der Waals surface area contributed by atoms with E-state index in [0.717, 1.165) is 0 Å². The molecule has 1 heterocycles. The van der Waals surface area contributed by atoms with Crippen molar-refractivity contribution in [1.29, 1.82) is 0 Å². The molecule has 1 aromatic rings. The molecule has 0 bridgehead atoms. The molecule has 0 unspecified atom stereocenters. The number of halogens is 1. The molecule has 7 nitrogen and oxygen atoms in total. The van der Waals surface area contributed by atoms with Crippen LogP contribution in [-0.2, 0) is 6.42 Å². The number of nitro groups is 1. The van der Waals surface area contributed by atoms with Gasteiger partial charge in [-0.1, -0.05) is 25.4 Å². The van der Waals surface area contributed by atoms with E-state index in [0.29, 0.717) is 31.1 Å². The Morgan fingerprint density at radius 1 is 1.47 bits per heavy atom. The lowest BCUT2D eigenvalue weighted by atomic mass is 10.1. The summed E-state index contributed by atoms with van der Waals surface area (Å²) in [4.78, 5) is 18.4. The fraction of sp³-hybridized carbons (Fsp3) is 0.636. The van der Waals surface area contributed by atoms with Gasteiger partial charge < -0.3 is 10.4 Å². The minimum absolute atomic E-state index is 0.00152. The molecule has 0 aliphatic rings. The zero-order valence-corrected chi connectivity index (χ0v) is 11.6. The summed E-state index contributed by atoms with van der Waals surface area (Å²) in [5.41, 5.74) is -0.327. The maximum absolute atomic E-state index is 11.0. The van der Waals surface area contributed by atoms with Gasteiger partial charge in [0.05, 0.1) is 4.92 Å². The Morgan fingerprint density at radius 2 is 2.16 bits per heavy atom. The van der Waals surface area contributed by atoms with Crippen LogP contribution in [0, 0.1) is 16.0 Å². The number of hydrogen-bond acceptors (Lipinski definition) is 6. The van der Waals surface area contributed by atoms with E-state index in [2.05, 4.69) is 15.3 Å². The molecule has 0 fully saturated rings. The third-order valence-corrected chi connectivity index (χ3v) is 2.55. The molecule has 0 amide bonds. The Hall–Kier alpha value is -1.47. The molecule has 0 saturated heterocycles. The fourth-order valence-electron chi connectivity index (χ4n) is 1.50. The molecule has 0 atom stereocenters. The van der Waals surface area contributed by atoms with Crippen LogP contribution in [0.25, 0.3) is 0 Å². The van der Waals surface area contributed by atoms with Crippen LogP contribution >= 0.6 is 11.6 Å². The summed E-state index contributed by atoms with van der Waals surface area (Å²) in [6.07, 6.45) is 1.06. The summed E-state index contributed by atoms with van der Waals surface area (Å²) < 4.78 is 0. The number of rotatable bonds is 7. The van der Waals surface area contributed by atoms with Crippen LogP contribution in [0.4, 0.5) is 11.5 Å². The summed E-state index contributed by atoms with van der Waals surface area (Å²) in [5.74, 6) is 0.897. The maximum atomic E-state index is 11.0. The first-order chi connectivity index (χ1) is 8.95. The Bertz CT molecular complexity index is 454. The summed E-state index contributed by atoms with van der Waals surface area (Å²) in [5, 5.41) is 22.3. The number of nitrogens with one attached hydrogen (secondary N) is 1. The van der Waals surface area contributed by atoms with Gasteiger partial charge in [-0.25, -0.2) is 9.97 Å². The van der Waals surface area contributed by atoms with E-state index in [1.165, 1.54) is 0 Å². The minimum atomic E-state index is -0.608. The first-order valence-electron chi connectivity index (χ1n) is 6.01. The highest BCUT2D eigenvalue weighted by molar-refractivity contribution is 6.31. The predicted molar refractivity (Wildman–Crippen MR) is 72.4 cm³/mol. The molecule has 2 N–H and O–H groups in total. The Labute approximate surface area is 116 Å². The monoisotopic (exact) mass is 288 g/mol. The van der Waals surface area contributed by atoms with Crippen molar-refractivity contribution in [2.75, 3.05) is 18.5 Å². The van der Waals surface area contributed by atoms with Gasteiger partial charge in [-0.3, -0.25) is 10.1 Å². The van der Waals surface area contributed by atoms with Crippen molar-refractivity contribution in [2.45, 2.75) is 26.7 Å². The van der Waals surface area contributed by atoms with Gasteiger partial charge in [-0.05, 0) is 12.3 Å². The molecular formula is C11H17ClN4O3. The number of aliphatic hydroxyl groups is 1. The molecule has 0 saturated carbocycles. The smallest absolute Gasteiger partial charge is 0.348 e. The van der Waals surface area contributed by atoms with Crippen molar-refractivity contribution in [3.05, 3.63) is 21.1 Å². The zero-order chi connectivity index (χ0) is 14.4. The summed E-state index contributed by atoms with van der Waals surface area (Å²) in [6.45, 7) is 4.37. The molecule has 0 spiro atoms. The molecular weight excluding hydrogens is 272 g/mol. The highest BCUT2D eigenvalue weighted by atomic mass is 35.5. The number of anilines is 1.